The maximum atomic E-state index is 13.2. The van der Waals surface area contributed by atoms with E-state index in [0.717, 1.165) is 37.9 Å². The summed E-state index contributed by atoms with van der Waals surface area (Å²) < 4.78 is 19.5. The first-order valence-corrected chi connectivity index (χ1v) is 7.66. The summed E-state index contributed by atoms with van der Waals surface area (Å²) in [5, 5.41) is 10.5. The Balaban J connectivity index is 1.75. The second-order valence-corrected chi connectivity index (χ2v) is 6.61. The third-order valence-corrected chi connectivity index (χ3v) is 5.14. The Bertz CT molecular complexity index is 473. The molecule has 0 aromatic heterocycles. The number of benzene rings is 1. The molecule has 104 valence electrons. The summed E-state index contributed by atoms with van der Waals surface area (Å²) in [6.07, 6.45) is 4.72. The molecule has 0 bridgehead atoms. The number of rotatable bonds is 2. The molecule has 4 heteroatoms. The third-order valence-electron chi connectivity index (χ3n) is 4.53. The van der Waals surface area contributed by atoms with Crippen LogP contribution in [0.1, 0.15) is 43.8 Å². The minimum atomic E-state index is -0.529. The van der Waals surface area contributed by atoms with Crippen LogP contribution in [0, 0.1) is 11.7 Å². The maximum Gasteiger partial charge on any atom is 0.137 e. The first kappa shape index (κ1) is 13.5. The molecule has 2 fully saturated rings. The lowest BCUT2D eigenvalue weighted by atomic mass is 9.70. The zero-order valence-corrected chi connectivity index (χ0v) is 12.3. The van der Waals surface area contributed by atoms with E-state index in [-0.39, 0.29) is 17.3 Å². The van der Waals surface area contributed by atoms with Crippen molar-refractivity contribution in [2.24, 2.45) is 5.92 Å². The molecular formula is C15H18BrFO2. The highest BCUT2D eigenvalue weighted by atomic mass is 79.9. The number of aliphatic hydroxyl groups is 1. The average molecular weight is 329 g/mol. The van der Waals surface area contributed by atoms with Crippen LogP contribution in [0.2, 0.25) is 0 Å². The van der Waals surface area contributed by atoms with E-state index >= 15 is 0 Å². The minimum absolute atomic E-state index is 0.0289. The summed E-state index contributed by atoms with van der Waals surface area (Å²) in [5.41, 5.74) is 0.816. The zero-order chi connectivity index (χ0) is 13.5. The van der Waals surface area contributed by atoms with Crippen LogP contribution in [0.3, 0.4) is 0 Å². The van der Waals surface area contributed by atoms with Gasteiger partial charge in [0.2, 0.25) is 0 Å². The van der Waals surface area contributed by atoms with Gasteiger partial charge in [-0.2, -0.15) is 0 Å². The Morgan fingerprint density at radius 1 is 1.42 bits per heavy atom. The van der Waals surface area contributed by atoms with E-state index in [1.165, 1.54) is 12.5 Å². The predicted molar refractivity (Wildman–Crippen MR) is 74.3 cm³/mol. The fourth-order valence-corrected chi connectivity index (χ4v) is 3.62. The van der Waals surface area contributed by atoms with Crippen molar-refractivity contribution in [2.45, 2.75) is 43.8 Å². The van der Waals surface area contributed by atoms with Gasteiger partial charge in [0, 0.05) is 6.61 Å². The highest BCUT2D eigenvalue weighted by molar-refractivity contribution is 9.10. The van der Waals surface area contributed by atoms with E-state index in [4.69, 9.17) is 4.74 Å². The van der Waals surface area contributed by atoms with Gasteiger partial charge in [-0.3, -0.25) is 0 Å². The van der Waals surface area contributed by atoms with Gasteiger partial charge in [0.1, 0.15) is 5.82 Å². The fraction of sp³-hybridized carbons (Fsp3) is 0.600. The number of halogens is 2. The molecular weight excluding hydrogens is 311 g/mol. The lowest BCUT2D eigenvalue weighted by Gasteiger charge is -2.48. The van der Waals surface area contributed by atoms with Crippen LogP contribution >= 0.6 is 15.9 Å². The molecule has 2 aliphatic rings. The van der Waals surface area contributed by atoms with E-state index in [1.807, 2.05) is 0 Å². The Kier molecular flexibility index (Phi) is 3.67. The van der Waals surface area contributed by atoms with Gasteiger partial charge in [0.05, 0.1) is 16.2 Å². The standard InChI is InChI=1S/C15H18BrFO2/c16-12-8-10(2-3-13(12)17)14(18)11-4-7-19-15(9-11)5-1-6-15/h2-3,8,11,14,18H,1,4-7,9H2. The maximum absolute atomic E-state index is 13.2. The van der Waals surface area contributed by atoms with Gasteiger partial charge in [-0.15, -0.1) is 0 Å². The molecule has 1 saturated heterocycles. The van der Waals surface area contributed by atoms with Crippen molar-refractivity contribution in [1.82, 2.24) is 0 Å². The molecule has 1 aromatic carbocycles. The Morgan fingerprint density at radius 3 is 2.84 bits per heavy atom. The number of ether oxygens (including phenoxy) is 1. The van der Waals surface area contributed by atoms with Crippen molar-refractivity contribution < 1.29 is 14.2 Å². The minimum Gasteiger partial charge on any atom is -0.388 e. The molecule has 0 amide bonds. The first-order chi connectivity index (χ1) is 9.10. The normalized spacial score (nSPS) is 27.0. The largest absolute Gasteiger partial charge is 0.388 e. The van der Waals surface area contributed by atoms with Crippen molar-refractivity contribution >= 4 is 15.9 Å². The highest BCUT2D eigenvalue weighted by Gasteiger charge is 2.44. The first-order valence-electron chi connectivity index (χ1n) is 6.87. The van der Waals surface area contributed by atoms with Gasteiger partial charge >= 0.3 is 0 Å². The summed E-state index contributed by atoms with van der Waals surface area (Å²) in [4.78, 5) is 0. The molecule has 1 heterocycles. The Hall–Kier alpha value is -0.450. The molecule has 1 spiro atoms. The van der Waals surface area contributed by atoms with Crippen LogP contribution in [0.25, 0.3) is 0 Å². The molecule has 2 atom stereocenters. The van der Waals surface area contributed by atoms with Crippen molar-refractivity contribution in [2.75, 3.05) is 6.61 Å². The topological polar surface area (TPSA) is 29.5 Å². The van der Waals surface area contributed by atoms with Gasteiger partial charge < -0.3 is 9.84 Å². The van der Waals surface area contributed by atoms with Crippen LogP contribution in [-0.4, -0.2) is 17.3 Å². The van der Waals surface area contributed by atoms with Crippen molar-refractivity contribution in [1.29, 1.82) is 0 Å². The summed E-state index contributed by atoms with van der Waals surface area (Å²) in [7, 11) is 0. The van der Waals surface area contributed by atoms with Gasteiger partial charge in [-0.05, 0) is 71.6 Å². The van der Waals surface area contributed by atoms with Crippen LogP contribution in [-0.2, 0) is 4.74 Å². The summed E-state index contributed by atoms with van der Waals surface area (Å²) in [5.74, 6) is -0.0789. The van der Waals surface area contributed by atoms with Gasteiger partial charge in [0.25, 0.3) is 0 Å². The van der Waals surface area contributed by atoms with Crippen LogP contribution < -0.4 is 0 Å². The lowest BCUT2D eigenvalue weighted by Crippen LogP contribution is -2.46. The van der Waals surface area contributed by atoms with Crippen molar-refractivity contribution in [3.05, 3.63) is 34.1 Å². The molecule has 1 aliphatic heterocycles. The van der Waals surface area contributed by atoms with Gasteiger partial charge in [-0.25, -0.2) is 4.39 Å². The summed E-state index contributed by atoms with van der Waals surface area (Å²) >= 11 is 3.17. The monoisotopic (exact) mass is 328 g/mol. The quantitative estimate of drug-likeness (QED) is 0.890. The second kappa shape index (κ2) is 5.15. The molecule has 1 N–H and O–H groups in total. The molecule has 19 heavy (non-hydrogen) atoms. The Labute approximate surface area is 121 Å². The van der Waals surface area contributed by atoms with Crippen molar-refractivity contribution in [3.8, 4) is 0 Å². The predicted octanol–water partition coefficient (Wildman–Crippen LogP) is 3.97. The van der Waals surface area contributed by atoms with E-state index in [9.17, 15) is 9.50 Å². The number of hydrogen-bond donors (Lipinski definition) is 1. The van der Waals surface area contributed by atoms with E-state index in [0.29, 0.717) is 4.47 Å². The Morgan fingerprint density at radius 2 is 2.21 bits per heavy atom. The highest BCUT2D eigenvalue weighted by Crippen LogP contribution is 2.47. The lowest BCUT2D eigenvalue weighted by molar-refractivity contribution is -0.157. The smallest absolute Gasteiger partial charge is 0.137 e. The molecule has 2 unspecified atom stereocenters. The van der Waals surface area contributed by atoms with Crippen LogP contribution in [0.15, 0.2) is 22.7 Å². The number of hydrogen-bond acceptors (Lipinski definition) is 2. The van der Waals surface area contributed by atoms with E-state index in [2.05, 4.69) is 15.9 Å². The van der Waals surface area contributed by atoms with Gasteiger partial charge in [0.15, 0.2) is 0 Å². The molecule has 0 radical (unpaired) electrons. The van der Waals surface area contributed by atoms with E-state index in [1.54, 1.807) is 12.1 Å². The average Bonchev–Trinajstić information content (AvgIpc) is 2.39. The molecule has 1 saturated carbocycles. The third kappa shape index (κ3) is 2.58. The van der Waals surface area contributed by atoms with Crippen molar-refractivity contribution in [3.63, 3.8) is 0 Å². The molecule has 1 aliphatic carbocycles. The molecule has 3 rings (SSSR count). The fourth-order valence-electron chi connectivity index (χ4n) is 3.22. The molecule has 1 aromatic rings. The summed E-state index contributed by atoms with van der Waals surface area (Å²) in [6, 6.07) is 4.76. The zero-order valence-electron chi connectivity index (χ0n) is 10.7. The van der Waals surface area contributed by atoms with Crippen LogP contribution in [0.4, 0.5) is 4.39 Å². The summed E-state index contributed by atoms with van der Waals surface area (Å²) in [6.45, 7) is 0.726. The van der Waals surface area contributed by atoms with Gasteiger partial charge in [-0.1, -0.05) is 6.07 Å². The van der Waals surface area contributed by atoms with Crippen LogP contribution in [0.5, 0.6) is 0 Å². The molecule has 2 nitrogen and oxygen atoms in total. The number of aliphatic hydroxyl groups excluding tert-OH is 1. The SMILES string of the molecule is OC(c1ccc(F)c(Br)c1)C1CCOC2(CCC2)C1. The second-order valence-electron chi connectivity index (χ2n) is 5.76. The van der Waals surface area contributed by atoms with E-state index < -0.39 is 6.10 Å².